The van der Waals surface area contributed by atoms with Gasteiger partial charge in [-0.15, -0.1) is 0 Å². The zero-order chi connectivity index (χ0) is 19.7. The van der Waals surface area contributed by atoms with Gasteiger partial charge in [-0.2, -0.15) is 0 Å². The number of aldehydes is 1. The van der Waals surface area contributed by atoms with Crippen LogP contribution in [0.3, 0.4) is 0 Å². The molecule has 0 saturated carbocycles. The van der Waals surface area contributed by atoms with Crippen LogP contribution in [0.25, 0.3) is 21.7 Å². The van der Waals surface area contributed by atoms with E-state index >= 15 is 0 Å². The van der Waals surface area contributed by atoms with E-state index in [1.54, 1.807) is 6.07 Å². The van der Waals surface area contributed by atoms with Crippen molar-refractivity contribution in [3.63, 3.8) is 0 Å². The fourth-order valence-electron chi connectivity index (χ4n) is 3.55. The van der Waals surface area contributed by atoms with Gasteiger partial charge in [0, 0.05) is 12.6 Å². The minimum atomic E-state index is -0.290. The van der Waals surface area contributed by atoms with E-state index in [1.807, 2.05) is 79.4 Å². The Morgan fingerprint density at radius 1 is 0.964 bits per heavy atom. The second kappa shape index (κ2) is 7.31. The van der Waals surface area contributed by atoms with Crippen molar-refractivity contribution in [2.45, 2.75) is 26.4 Å². The Bertz CT molecular complexity index is 1210. The molecule has 0 atom stereocenters. The average molecular weight is 371 g/mol. The summed E-state index contributed by atoms with van der Waals surface area (Å²) in [7, 11) is 0. The quantitative estimate of drug-likeness (QED) is 0.359. The van der Waals surface area contributed by atoms with E-state index in [-0.39, 0.29) is 17.0 Å². The zero-order valence-electron chi connectivity index (χ0n) is 15.9. The van der Waals surface area contributed by atoms with E-state index in [2.05, 4.69) is 0 Å². The summed E-state index contributed by atoms with van der Waals surface area (Å²) >= 11 is 0. The highest BCUT2D eigenvalue weighted by Gasteiger charge is 2.23. The molecule has 0 fully saturated rings. The molecule has 140 valence electrons. The third-order valence-corrected chi connectivity index (χ3v) is 5.00. The maximum absolute atomic E-state index is 13.3. The summed E-state index contributed by atoms with van der Waals surface area (Å²) < 4.78 is 6.16. The van der Waals surface area contributed by atoms with E-state index in [0.29, 0.717) is 29.7 Å². The van der Waals surface area contributed by atoms with Crippen molar-refractivity contribution in [1.29, 1.82) is 0 Å². The Morgan fingerprint density at radius 3 is 2.39 bits per heavy atom. The highest BCUT2D eigenvalue weighted by molar-refractivity contribution is 6.07. The van der Waals surface area contributed by atoms with Crippen molar-refractivity contribution in [3.05, 3.63) is 88.1 Å². The smallest absolute Gasteiger partial charge is 0.211 e. The first-order chi connectivity index (χ1) is 13.6. The second-order valence-electron chi connectivity index (χ2n) is 7.13. The molecule has 28 heavy (non-hydrogen) atoms. The van der Waals surface area contributed by atoms with E-state index < -0.39 is 0 Å². The fraction of sp³-hybridized carbons (Fsp3) is 0.167. The standard InChI is InChI=1S/C24H21NO3/c1-16(2)25(14-17-8-4-3-5-9-17)24-20(15-26)23(27)22-19-11-7-6-10-18(19)12-13-21(22)28-24/h3-13,15-16H,14H2,1-2H3. The molecule has 4 heteroatoms. The number of fused-ring (bicyclic) bond motifs is 3. The van der Waals surface area contributed by atoms with E-state index in [4.69, 9.17) is 4.42 Å². The molecule has 0 radical (unpaired) electrons. The number of benzene rings is 3. The van der Waals surface area contributed by atoms with Crippen LogP contribution in [-0.4, -0.2) is 12.3 Å². The Kier molecular flexibility index (Phi) is 4.70. The van der Waals surface area contributed by atoms with Crippen LogP contribution in [0.4, 0.5) is 5.88 Å². The van der Waals surface area contributed by atoms with Gasteiger partial charge in [-0.25, -0.2) is 0 Å². The van der Waals surface area contributed by atoms with Crippen molar-refractivity contribution in [2.24, 2.45) is 0 Å². The molecule has 0 saturated heterocycles. The molecule has 0 amide bonds. The Morgan fingerprint density at radius 2 is 1.68 bits per heavy atom. The summed E-state index contributed by atoms with van der Waals surface area (Å²) in [5.41, 5.74) is 1.34. The SMILES string of the molecule is CC(C)N(Cc1ccccc1)c1oc2ccc3ccccc3c2c(=O)c1C=O. The summed E-state index contributed by atoms with van der Waals surface area (Å²) in [6.07, 6.45) is 0.614. The topological polar surface area (TPSA) is 50.5 Å². The molecule has 0 aliphatic carbocycles. The molecule has 0 bridgehead atoms. The first kappa shape index (κ1) is 18.0. The van der Waals surface area contributed by atoms with Crippen LogP contribution in [0.15, 0.2) is 75.9 Å². The predicted molar refractivity (Wildman–Crippen MR) is 113 cm³/mol. The number of anilines is 1. The minimum absolute atomic E-state index is 0.0416. The predicted octanol–water partition coefficient (Wildman–Crippen LogP) is 5.17. The molecule has 0 aliphatic rings. The summed E-state index contributed by atoms with van der Waals surface area (Å²) in [5, 5.41) is 2.19. The maximum Gasteiger partial charge on any atom is 0.211 e. The lowest BCUT2D eigenvalue weighted by Crippen LogP contribution is -2.32. The Labute approximate surface area is 163 Å². The van der Waals surface area contributed by atoms with E-state index in [0.717, 1.165) is 16.3 Å². The van der Waals surface area contributed by atoms with Crippen molar-refractivity contribution >= 4 is 33.9 Å². The molecule has 1 heterocycles. The van der Waals surface area contributed by atoms with Gasteiger partial charge in [0.15, 0.2) is 6.29 Å². The van der Waals surface area contributed by atoms with Gasteiger partial charge in [-0.05, 0) is 36.2 Å². The van der Waals surface area contributed by atoms with Crippen LogP contribution in [-0.2, 0) is 6.54 Å². The molecule has 0 spiro atoms. The maximum atomic E-state index is 13.3. The fourth-order valence-corrected chi connectivity index (χ4v) is 3.55. The number of hydrogen-bond donors (Lipinski definition) is 0. The lowest BCUT2D eigenvalue weighted by Gasteiger charge is -2.28. The van der Waals surface area contributed by atoms with Gasteiger partial charge in [0.05, 0.1) is 5.39 Å². The Hall–Kier alpha value is -3.40. The third kappa shape index (κ3) is 3.07. The van der Waals surface area contributed by atoms with Crippen LogP contribution < -0.4 is 10.3 Å². The highest BCUT2D eigenvalue weighted by Crippen LogP contribution is 2.30. The van der Waals surface area contributed by atoms with Crippen molar-refractivity contribution < 1.29 is 9.21 Å². The molecule has 4 aromatic rings. The number of carbonyl (C=O) groups is 1. The molecule has 4 nitrogen and oxygen atoms in total. The van der Waals surface area contributed by atoms with E-state index in [9.17, 15) is 9.59 Å². The lowest BCUT2D eigenvalue weighted by atomic mass is 10.0. The van der Waals surface area contributed by atoms with Gasteiger partial charge < -0.3 is 9.32 Å². The Balaban J connectivity index is 1.96. The van der Waals surface area contributed by atoms with Crippen molar-refractivity contribution in [1.82, 2.24) is 0 Å². The number of carbonyl (C=O) groups excluding carboxylic acids is 1. The molecule has 0 aliphatic heterocycles. The minimum Gasteiger partial charge on any atom is -0.439 e. The van der Waals surface area contributed by atoms with Gasteiger partial charge >= 0.3 is 0 Å². The summed E-state index contributed by atoms with van der Waals surface area (Å²) in [4.78, 5) is 27.1. The van der Waals surface area contributed by atoms with Crippen LogP contribution >= 0.6 is 0 Å². The van der Waals surface area contributed by atoms with E-state index in [1.165, 1.54) is 0 Å². The molecular weight excluding hydrogens is 350 g/mol. The number of hydrogen-bond acceptors (Lipinski definition) is 4. The molecule has 0 N–H and O–H groups in total. The first-order valence-electron chi connectivity index (χ1n) is 9.34. The highest BCUT2D eigenvalue weighted by atomic mass is 16.4. The van der Waals surface area contributed by atoms with Gasteiger partial charge in [-0.1, -0.05) is 60.7 Å². The summed E-state index contributed by atoms with van der Waals surface area (Å²) in [6.45, 7) is 4.57. The van der Waals surface area contributed by atoms with Crippen LogP contribution in [0.5, 0.6) is 0 Å². The van der Waals surface area contributed by atoms with Crippen LogP contribution in [0.1, 0.15) is 29.8 Å². The summed E-state index contributed by atoms with van der Waals surface area (Å²) in [6, 6.07) is 21.3. The molecular formula is C24H21NO3. The molecule has 3 aromatic carbocycles. The van der Waals surface area contributed by atoms with Crippen LogP contribution in [0, 0.1) is 0 Å². The van der Waals surface area contributed by atoms with Gasteiger partial charge in [0.2, 0.25) is 11.3 Å². The normalized spacial score (nSPS) is 11.2. The number of nitrogens with zero attached hydrogens (tertiary/aromatic N) is 1. The molecule has 1 aromatic heterocycles. The van der Waals surface area contributed by atoms with Gasteiger partial charge in [-0.3, -0.25) is 9.59 Å². The molecule has 4 rings (SSSR count). The average Bonchev–Trinajstić information content (AvgIpc) is 2.72. The second-order valence-corrected chi connectivity index (χ2v) is 7.13. The first-order valence-corrected chi connectivity index (χ1v) is 9.34. The largest absolute Gasteiger partial charge is 0.439 e. The number of rotatable bonds is 5. The third-order valence-electron chi connectivity index (χ3n) is 5.00. The summed E-state index contributed by atoms with van der Waals surface area (Å²) in [5.74, 6) is 0.321. The van der Waals surface area contributed by atoms with Crippen molar-refractivity contribution in [3.8, 4) is 0 Å². The van der Waals surface area contributed by atoms with Gasteiger partial charge in [0.1, 0.15) is 11.1 Å². The monoisotopic (exact) mass is 371 g/mol. The molecule has 0 unspecified atom stereocenters. The van der Waals surface area contributed by atoms with Crippen LogP contribution in [0.2, 0.25) is 0 Å². The van der Waals surface area contributed by atoms with Gasteiger partial charge in [0.25, 0.3) is 0 Å². The lowest BCUT2D eigenvalue weighted by molar-refractivity contribution is 0.112. The zero-order valence-corrected chi connectivity index (χ0v) is 15.9. The van der Waals surface area contributed by atoms with Crippen molar-refractivity contribution in [2.75, 3.05) is 4.90 Å².